The van der Waals surface area contributed by atoms with E-state index >= 15 is 0 Å². The van der Waals surface area contributed by atoms with Gasteiger partial charge in [-0.25, -0.2) is 0 Å². The quantitative estimate of drug-likeness (QED) is 0.818. The third-order valence-corrected chi connectivity index (χ3v) is 6.02. The average molecular weight is 293 g/mol. The fourth-order valence-electron chi connectivity index (χ4n) is 5.70. The van der Waals surface area contributed by atoms with Crippen molar-refractivity contribution in [3.05, 3.63) is 0 Å². The van der Waals surface area contributed by atoms with Crippen molar-refractivity contribution in [2.45, 2.75) is 64.9 Å². The molecular formula is C18H31NO2. The summed E-state index contributed by atoms with van der Waals surface area (Å²) in [6.45, 7) is 6.44. The van der Waals surface area contributed by atoms with Crippen LogP contribution in [-0.4, -0.2) is 23.2 Å². The van der Waals surface area contributed by atoms with Crippen LogP contribution in [0, 0.1) is 35.5 Å². The summed E-state index contributed by atoms with van der Waals surface area (Å²) in [5.41, 5.74) is -0.782. The zero-order chi connectivity index (χ0) is 15.2. The molecular weight excluding hydrogens is 262 g/mol. The summed E-state index contributed by atoms with van der Waals surface area (Å²) in [4.78, 5) is 12.6. The van der Waals surface area contributed by atoms with Crippen LogP contribution in [0.3, 0.4) is 0 Å². The molecule has 1 amide bonds. The van der Waals surface area contributed by atoms with E-state index in [1.165, 1.54) is 32.1 Å². The molecule has 3 heteroatoms. The monoisotopic (exact) mass is 293 g/mol. The van der Waals surface area contributed by atoms with Crippen molar-refractivity contribution in [3.8, 4) is 0 Å². The molecule has 4 aliphatic carbocycles. The molecule has 0 radical (unpaired) electrons. The maximum absolute atomic E-state index is 12.6. The van der Waals surface area contributed by atoms with Crippen LogP contribution >= 0.6 is 0 Å². The number of rotatable bonds is 5. The average Bonchev–Trinajstić information content (AvgIpc) is 2.33. The number of carbonyl (C=O) groups excluding carboxylic acids is 1. The van der Waals surface area contributed by atoms with Gasteiger partial charge >= 0.3 is 0 Å². The molecule has 0 saturated heterocycles. The lowest BCUT2D eigenvalue weighted by Crippen LogP contribution is -2.52. The van der Waals surface area contributed by atoms with Crippen molar-refractivity contribution in [2.24, 2.45) is 35.5 Å². The molecule has 21 heavy (non-hydrogen) atoms. The van der Waals surface area contributed by atoms with Gasteiger partial charge in [0.2, 0.25) is 5.91 Å². The van der Waals surface area contributed by atoms with E-state index in [9.17, 15) is 9.90 Å². The number of aliphatic hydroxyl groups is 1. The highest BCUT2D eigenvalue weighted by Crippen LogP contribution is 2.56. The van der Waals surface area contributed by atoms with Crippen molar-refractivity contribution in [3.63, 3.8) is 0 Å². The highest BCUT2D eigenvalue weighted by atomic mass is 16.3. The zero-order valence-electron chi connectivity index (χ0n) is 13.8. The highest BCUT2D eigenvalue weighted by Gasteiger charge is 2.50. The van der Waals surface area contributed by atoms with Crippen LogP contribution in [-0.2, 0) is 4.79 Å². The Morgan fingerprint density at radius 1 is 1.14 bits per heavy atom. The second-order valence-corrected chi connectivity index (χ2v) is 8.77. The molecule has 2 N–H and O–H groups in total. The van der Waals surface area contributed by atoms with E-state index in [4.69, 9.17) is 0 Å². The van der Waals surface area contributed by atoms with Gasteiger partial charge in [0, 0.05) is 12.5 Å². The van der Waals surface area contributed by atoms with E-state index in [0.717, 1.165) is 18.3 Å². The largest absolute Gasteiger partial charge is 0.388 e. The first-order valence-corrected chi connectivity index (χ1v) is 8.84. The Bertz CT molecular complexity index is 374. The molecule has 4 fully saturated rings. The standard InChI is InChI=1S/C18H31NO2/c1-11(2)9-18(3,21)10-19-17(20)16-14-5-12-4-13(7-14)8-15(16)6-12/h11-16,21H,4-10H2,1-3H3,(H,19,20). The van der Waals surface area contributed by atoms with E-state index in [0.29, 0.717) is 24.3 Å². The lowest BCUT2D eigenvalue weighted by atomic mass is 9.51. The van der Waals surface area contributed by atoms with Gasteiger partial charge in [-0.15, -0.1) is 0 Å². The number of carbonyl (C=O) groups is 1. The minimum absolute atomic E-state index is 0.216. The molecule has 4 bridgehead atoms. The minimum atomic E-state index is -0.782. The van der Waals surface area contributed by atoms with Crippen LogP contribution in [0.4, 0.5) is 0 Å². The first kappa shape index (κ1) is 15.3. The summed E-state index contributed by atoms with van der Waals surface area (Å²) in [5.74, 6) is 3.94. The smallest absolute Gasteiger partial charge is 0.223 e. The normalized spacial score (nSPS) is 40.3. The van der Waals surface area contributed by atoms with Crippen LogP contribution in [0.15, 0.2) is 0 Å². The molecule has 0 heterocycles. The van der Waals surface area contributed by atoms with Gasteiger partial charge in [-0.3, -0.25) is 4.79 Å². The molecule has 0 aromatic rings. The predicted octanol–water partition coefficient (Wildman–Crippen LogP) is 2.97. The van der Waals surface area contributed by atoms with Crippen LogP contribution in [0.25, 0.3) is 0 Å². The van der Waals surface area contributed by atoms with Gasteiger partial charge in [0.25, 0.3) is 0 Å². The fourth-order valence-corrected chi connectivity index (χ4v) is 5.70. The zero-order valence-corrected chi connectivity index (χ0v) is 13.8. The predicted molar refractivity (Wildman–Crippen MR) is 83.6 cm³/mol. The van der Waals surface area contributed by atoms with Crippen molar-refractivity contribution in [1.82, 2.24) is 5.32 Å². The Kier molecular flexibility index (Phi) is 4.06. The summed E-state index contributed by atoms with van der Waals surface area (Å²) < 4.78 is 0. The molecule has 4 rings (SSSR count). The maximum atomic E-state index is 12.6. The van der Waals surface area contributed by atoms with Gasteiger partial charge < -0.3 is 10.4 Å². The third-order valence-electron chi connectivity index (χ3n) is 6.02. The molecule has 1 unspecified atom stereocenters. The molecule has 0 aromatic heterocycles. The number of nitrogens with one attached hydrogen (secondary N) is 1. The van der Waals surface area contributed by atoms with Gasteiger partial charge in [0.1, 0.15) is 0 Å². The third kappa shape index (κ3) is 3.28. The lowest BCUT2D eigenvalue weighted by Gasteiger charge is -2.53. The second-order valence-electron chi connectivity index (χ2n) is 8.77. The number of hydrogen-bond acceptors (Lipinski definition) is 2. The molecule has 3 nitrogen and oxygen atoms in total. The van der Waals surface area contributed by atoms with E-state index in [-0.39, 0.29) is 11.8 Å². The van der Waals surface area contributed by atoms with Crippen molar-refractivity contribution < 1.29 is 9.90 Å². The van der Waals surface area contributed by atoms with Crippen LogP contribution in [0.2, 0.25) is 0 Å². The molecule has 0 spiro atoms. The Balaban J connectivity index is 1.56. The molecule has 4 saturated carbocycles. The lowest BCUT2D eigenvalue weighted by molar-refractivity contribution is -0.139. The van der Waals surface area contributed by atoms with Gasteiger partial charge in [-0.2, -0.15) is 0 Å². The highest BCUT2D eigenvalue weighted by molar-refractivity contribution is 5.79. The fraction of sp³-hybridized carbons (Fsp3) is 0.944. The minimum Gasteiger partial charge on any atom is -0.388 e. The molecule has 4 aliphatic rings. The molecule has 0 aliphatic heterocycles. The Morgan fingerprint density at radius 2 is 1.67 bits per heavy atom. The van der Waals surface area contributed by atoms with Crippen LogP contribution < -0.4 is 5.32 Å². The van der Waals surface area contributed by atoms with E-state index in [1.54, 1.807) is 0 Å². The van der Waals surface area contributed by atoms with Gasteiger partial charge in [0.05, 0.1) is 5.60 Å². The van der Waals surface area contributed by atoms with E-state index < -0.39 is 5.60 Å². The van der Waals surface area contributed by atoms with Crippen LogP contribution in [0.1, 0.15) is 59.3 Å². The molecule has 0 aromatic carbocycles. The maximum Gasteiger partial charge on any atom is 0.223 e. The number of hydrogen-bond donors (Lipinski definition) is 2. The van der Waals surface area contributed by atoms with Gasteiger partial charge in [-0.1, -0.05) is 13.8 Å². The Labute approximate surface area is 128 Å². The first-order valence-electron chi connectivity index (χ1n) is 8.84. The van der Waals surface area contributed by atoms with Crippen molar-refractivity contribution in [2.75, 3.05) is 6.54 Å². The summed E-state index contributed by atoms with van der Waals surface area (Å²) >= 11 is 0. The second kappa shape index (κ2) is 5.57. The summed E-state index contributed by atoms with van der Waals surface area (Å²) in [6.07, 6.45) is 7.24. The van der Waals surface area contributed by atoms with Crippen molar-refractivity contribution in [1.29, 1.82) is 0 Å². The van der Waals surface area contributed by atoms with E-state index in [2.05, 4.69) is 19.2 Å². The topological polar surface area (TPSA) is 49.3 Å². The summed E-state index contributed by atoms with van der Waals surface area (Å²) in [6, 6.07) is 0. The first-order chi connectivity index (χ1) is 9.84. The van der Waals surface area contributed by atoms with Gasteiger partial charge in [0.15, 0.2) is 0 Å². The number of amides is 1. The van der Waals surface area contributed by atoms with E-state index in [1.807, 2.05) is 6.92 Å². The van der Waals surface area contributed by atoms with Crippen LogP contribution in [0.5, 0.6) is 0 Å². The molecule has 120 valence electrons. The summed E-state index contributed by atoms with van der Waals surface area (Å²) in [7, 11) is 0. The van der Waals surface area contributed by atoms with Gasteiger partial charge in [-0.05, 0) is 75.0 Å². The SMILES string of the molecule is CC(C)CC(C)(O)CNC(=O)C1C2CC3CC(C2)CC1C3. The van der Waals surface area contributed by atoms with Crippen molar-refractivity contribution >= 4 is 5.91 Å². The summed E-state index contributed by atoms with van der Waals surface area (Å²) in [5, 5.41) is 13.4. The Hall–Kier alpha value is -0.570. The Morgan fingerprint density at radius 3 is 2.14 bits per heavy atom. The molecule has 1 atom stereocenters.